The summed E-state index contributed by atoms with van der Waals surface area (Å²) in [4.78, 5) is 12.3. The molecule has 2 aliphatic rings. The number of hydrogen-bond donors (Lipinski definition) is 2. The van der Waals surface area contributed by atoms with Crippen molar-refractivity contribution in [3.8, 4) is 0 Å². The van der Waals surface area contributed by atoms with Gasteiger partial charge in [-0.15, -0.1) is 0 Å². The van der Waals surface area contributed by atoms with Crippen LogP contribution in [0, 0.1) is 11.3 Å². The molecule has 1 saturated carbocycles. The maximum atomic E-state index is 12.3. The van der Waals surface area contributed by atoms with E-state index in [2.05, 4.69) is 31.4 Å². The molecule has 0 aromatic carbocycles. The van der Waals surface area contributed by atoms with Gasteiger partial charge in [-0.1, -0.05) is 26.7 Å². The van der Waals surface area contributed by atoms with E-state index in [9.17, 15) is 4.79 Å². The molecule has 0 radical (unpaired) electrons. The van der Waals surface area contributed by atoms with Gasteiger partial charge in [-0.2, -0.15) is 0 Å². The van der Waals surface area contributed by atoms with Gasteiger partial charge in [0, 0.05) is 12.1 Å². The summed E-state index contributed by atoms with van der Waals surface area (Å²) in [6.45, 7) is 7.66. The normalized spacial score (nSPS) is 36.8. The van der Waals surface area contributed by atoms with Crippen molar-refractivity contribution in [2.75, 3.05) is 6.54 Å². The lowest BCUT2D eigenvalue weighted by atomic mass is 9.73. The quantitative estimate of drug-likeness (QED) is 0.773. The van der Waals surface area contributed by atoms with Crippen molar-refractivity contribution in [2.24, 2.45) is 11.3 Å². The molecule has 0 aromatic heterocycles. The monoisotopic (exact) mass is 238 g/mol. The third kappa shape index (κ3) is 2.82. The highest BCUT2D eigenvalue weighted by molar-refractivity contribution is 5.80. The van der Waals surface area contributed by atoms with Gasteiger partial charge >= 0.3 is 0 Å². The van der Waals surface area contributed by atoms with E-state index < -0.39 is 0 Å². The van der Waals surface area contributed by atoms with Crippen molar-refractivity contribution in [1.29, 1.82) is 0 Å². The molecule has 3 heteroatoms. The van der Waals surface area contributed by atoms with Crippen LogP contribution in [-0.2, 0) is 4.79 Å². The summed E-state index contributed by atoms with van der Waals surface area (Å²) in [7, 11) is 0. The molecule has 2 rings (SSSR count). The van der Waals surface area contributed by atoms with E-state index in [1.165, 1.54) is 19.3 Å². The van der Waals surface area contributed by atoms with Crippen LogP contribution >= 0.6 is 0 Å². The van der Waals surface area contributed by atoms with Crippen molar-refractivity contribution < 1.29 is 4.79 Å². The smallest absolute Gasteiger partial charge is 0.224 e. The van der Waals surface area contributed by atoms with E-state index in [-0.39, 0.29) is 17.2 Å². The van der Waals surface area contributed by atoms with Crippen LogP contribution in [0.5, 0.6) is 0 Å². The van der Waals surface area contributed by atoms with E-state index in [0.717, 1.165) is 19.4 Å². The largest absolute Gasteiger partial charge is 0.353 e. The Kier molecular flexibility index (Phi) is 3.76. The average Bonchev–Trinajstić information content (AvgIpc) is 2.67. The summed E-state index contributed by atoms with van der Waals surface area (Å²) in [5.41, 5.74) is 0.267. The van der Waals surface area contributed by atoms with Crippen LogP contribution in [0.25, 0.3) is 0 Å². The third-order valence-electron chi connectivity index (χ3n) is 4.69. The molecule has 98 valence electrons. The van der Waals surface area contributed by atoms with Crippen LogP contribution in [-0.4, -0.2) is 24.5 Å². The van der Waals surface area contributed by atoms with E-state index >= 15 is 0 Å². The number of rotatable bonds is 2. The molecule has 3 atom stereocenters. The van der Waals surface area contributed by atoms with E-state index in [1.807, 2.05) is 0 Å². The Morgan fingerprint density at radius 2 is 2.06 bits per heavy atom. The Morgan fingerprint density at radius 1 is 1.29 bits per heavy atom. The zero-order valence-corrected chi connectivity index (χ0v) is 11.4. The fourth-order valence-electron chi connectivity index (χ4n) is 3.26. The van der Waals surface area contributed by atoms with Gasteiger partial charge in [0.05, 0.1) is 5.92 Å². The van der Waals surface area contributed by atoms with Gasteiger partial charge in [-0.25, -0.2) is 0 Å². The fraction of sp³-hybridized carbons (Fsp3) is 0.929. The molecule has 0 aromatic rings. The molecule has 2 fully saturated rings. The molecule has 17 heavy (non-hydrogen) atoms. The highest BCUT2D eigenvalue weighted by Gasteiger charge is 2.36. The second kappa shape index (κ2) is 4.97. The molecule has 1 aliphatic carbocycles. The minimum absolute atomic E-state index is 0.174. The van der Waals surface area contributed by atoms with Crippen molar-refractivity contribution in [2.45, 2.75) is 65.0 Å². The summed E-state index contributed by atoms with van der Waals surface area (Å²) in [6, 6.07) is 0.707. The van der Waals surface area contributed by atoms with Crippen molar-refractivity contribution in [3.63, 3.8) is 0 Å². The third-order valence-corrected chi connectivity index (χ3v) is 4.69. The van der Waals surface area contributed by atoms with Crippen LogP contribution in [0.4, 0.5) is 0 Å². The summed E-state index contributed by atoms with van der Waals surface area (Å²) in [5.74, 6) is 0.440. The first-order chi connectivity index (χ1) is 8.00. The maximum Gasteiger partial charge on any atom is 0.224 e. The molecule has 0 bridgehead atoms. The standard InChI is InChI=1S/C14H26N2O/c1-10-11(7-9-15-10)13(17)16-12-6-4-5-8-14(12,2)3/h10-12,15H,4-9H2,1-3H3,(H,16,17). The van der Waals surface area contributed by atoms with Gasteiger partial charge in [0.1, 0.15) is 0 Å². The van der Waals surface area contributed by atoms with E-state index in [0.29, 0.717) is 12.1 Å². The lowest BCUT2D eigenvalue weighted by molar-refractivity contribution is -0.127. The molecule has 1 heterocycles. The van der Waals surface area contributed by atoms with E-state index in [4.69, 9.17) is 0 Å². The molecule has 3 unspecified atom stereocenters. The first-order valence-electron chi connectivity index (χ1n) is 7.04. The zero-order chi connectivity index (χ0) is 12.5. The van der Waals surface area contributed by atoms with Crippen LogP contribution in [0.2, 0.25) is 0 Å². The Hall–Kier alpha value is -0.570. The van der Waals surface area contributed by atoms with Gasteiger partial charge in [0.15, 0.2) is 0 Å². The molecule has 3 nitrogen and oxygen atoms in total. The predicted molar refractivity (Wildman–Crippen MR) is 69.8 cm³/mol. The second-order valence-electron chi connectivity index (χ2n) is 6.43. The highest BCUT2D eigenvalue weighted by Crippen LogP contribution is 2.35. The van der Waals surface area contributed by atoms with Gasteiger partial charge in [0.25, 0.3) is 0 Å². The summed E-state index contributed by atoms with van der Waals surface area (Å²) < 4.78 is 0. The number of nitrogens with one attached hydrogen (secondary N) is 2. The Bertz CT molecular complexity index is 288. The number of carbonyl (C=O) groups excluding carboxylic acids is 1. The predicted octanol–water partition coefficient (Wildman–Crippen LogP) is 2.07. The molecular formula is C14H26N2O. The molecule has 2 N–H and O–H groups in total. The lowest BCUT2D eigenvalue weighted by Gasteiger charge is -2.39. The van der Waals surface area contributed by atoms with Gasteiger partial charge in [-0.3, -0.25) is 4.79 Å². The van der Waals surface area contributed by atoms with E-state index in [1.54, 1.807) is 0 Å². The van der Waals surface area contributed by atoms with Crippen LogP contribution in [0.1, 0.15) is 52.9 Å². The molecule has 1 amide bonds. The minimum Gasteiger partial charge on any atom is -0.353 e. The summed E-state index contributed by atoms with van der Waals surface area (Å²) >= 11 is 0. The minimum atomic E-state index is 0.174. The van der Waals surface area contributed by atoms with Gasteiger partial charge < -0.3 is 10.6 Å². The van der Waals surface area contributed by atoms with Crippen LogP contribution in [0.15, 0.2) is 0 Å². The second-order valence-corrected chi connectivity index (χ2v) is 6.43. The van der Waals surface area contributed by atoms with Gasteiger partial charge in [0.2, 0.25) is 5.91 Å². The SMILES string of the molecule is CC1NCCC1C(=O)NC1CCCCC1(C)C. The number of carbonyl (C=O) groups is 1. The Labute approximate surface area is 105 Å². The maximum absolute atomic E-state index is 12.3. The molecule has 1 aliphatic heterocycles. The highest BCUT2D eigenvalue weighted by atomic mass is 16.2. The van der Waals surface area contributed by atoms with Crippen LogP contribution < -0.4 is 10.6 Å². The molecule has 0 spiro atoms. The zero-order valence-electron chi connectivity index (χ0n) is 11.4. The number of hydrogen-bond acceptors (Lipinski definition) is 2. The summed E-state index contributed by atoms with van der Waals surface area (Å²) in [6.07, 6.45) is 5.93. The molecular weight excluding hydrogens is 212 g/mol. The number of amides is 1. The van der Waals surface area contributed by atoms with Crippen molar-refractivity contribution >= 4 is 5.91 Å². The van der Waals surface area contributed by atoms with Gasteiger partial charge in [-0.05, 0) is 38.1 Å². The lowest BCUT2D eigenvalue weighted by Crippen LogP contribution is -2.49. The Balaban J connectivity index is 1.93. The van der Waals surface area contributed by atoms with Crippen LogP contribution in [0.3, 0.4) is 0 Å². The van der Waals surface area contributed by atoms with Crippen molar-refractivity contribution in [3.05, 3.63) is 0 Å². The topological polar surface area (TPSA) is 41.1 Å². The molecule has 1 saturated heterocycles. The Morgan fingerprint density at radius 3 is 2.65 bits per heavy atom. The summed E-state index contributed by atoms with van der Waals surface area (Å²) in [5, 5.41) is 6.65. The first-order valence-corrected chi connectivity index (χ1v) is 7.04. The first kappa shape index (κ1) is 12.9. The fourth-order valence-corrected chi connectivity index (χ4v) is 3.26. The van der Waals surface area contributed by atoms with Crippen molar-refractivity contribution in [1.82, 2.24) is 10.6 Å². The average molecular weight is 238 g/mol.